The Morgan fingerprint density at radius 1 is 1.75 bits per heavy atom. The minimum Gasteiger partial charge on any atom is -0.395 e. The first-order valence-corrected chi connectivity index (χ1v) is 5.14. The van der Waals surface area contributed by atoms with Crippen molar-refractivity contribution in [2.75, 3.05) is 19.7 Å². The van der Waals surface area contributed by atoms with E-state index in [1.165, 1.54) is 4.68 Å². The van der Waals surface area contributed by atoms with E-state index in [1.54, 1.807) is 13.1 Å². The van der Waals surface area contributed by atoms with E-state index < -0.39 is 0 Å². The molecule has 0 amide bonds. The van der Waals surface area contributed by atoms with Crippen LogP contribution in [0.3, 0.4) is 0 Å². The van der Waals surface area contributed by atoms with E-state index in [9.17, 15) is 4.79 Å². The number of rotatable bonds is 7. The van der Waals surface area contributed by atoms with Crippen molar-refractivity contribution in [3.8, 4) is 0 Å². The molecule has 90 valence electrons. The molecule has 1 unspecified atom stereocenters. The van der Waals surface area contributed by atoms with Gasteiger partial charge in [-0.25, -0.2) is 4.68 Å². The van der Waals surface area contributed by atoms with Gasteiger partial charge in [0.25, 0.3) is 0 Å². The van der Waals surface area contributed by atoms with Gasteiger partial charge in [0.05, 0.1) is 25.0 Å². The van der Waals surface area contributed by atoms with E-state index in [-0.39, 0.29) is 25.0 Å². The quantitative estimate of drug-likeness (QED) is 0.487. The molecule has 0 aliphatic carbocycles. The summed E-state index contributed by atoms with van der Waals surface area (Å²) in [6.07, 6.45) is 1.66. The van der Waals surface area contributed by atoms with Gasteiger partial charge in [-0.05, 0) is 6.92 Å². The van der Waals surface area contributed by atoms with E-state index in [4.69, 9.17) is 10.8 Å². The lowest BCUT2D eigenvalue weighted by Crippen LogP contribution is -2.30. The summed E-state index contributed by atoms with van der Waals surface area (Å²) in [5.74, 6) is -0.0121. The van der Waals surface area contributed by atoms with E-state index in [1.807, 2.05) is 0 Å². The Labute approximate surface area is 93.6 Å². The van der Waals surface area contributed by atoms with Gasteiger partial charge in [-0.1, -0.05) is 5.21 Å². The largest absolute Gasteiger partial charge is 0.395 e. The Hall–Kier alpha value is -1.31. The van der Waals surface area contributed by atoms with Crippen LogP contribution in [0.25, 0.3) is 0 Å². The molecule has 0 bridgehead atoms. The van der Waals surface area contributed by atoms with Gasteiger partial charge in [0.2, 0.25) is 0 Å². The zero-order chi connectivity index (χ0) is 12.0. The van der Waals surface area contributed by atoms with Crippen LogP contribution in [0.4, 0.5) is 0 Å². The minimum absolute atomic E-state index is 0.0121. The van der Waals surface area contributed by atoms with Crippen molar-refractivity contribution in [3.63, 3.8) is 0 Å². The summed E-state index contributed by atoms with van der Waals surface area (Å²) in [6.45, 7) is 2.69. The Balaban J connectivity index is 2.49. The zero-order valence-corrected chi connectivity index (χ0v) is 9.26. The predicted octanol–water partition coefficient (Wildman–Crippen LogP) is -1.55. The molecule has 16 heavy (non-hydrogen) atoms. The summed E-state index contributed by atoms with van der Waals surface area (Å²) in [5, 5.41) is 19.0. The number of ketones is 1. The highest BCUT2D eigenvalue weighted by atomic mass is 16.3. The Bertz CT molecular complexity index is 338. The van der Waals surface area contributed by atoms with Crippen molar-refractivity contribution in [2.24, 2.45) is 5.73 Å². The molecule has 4 N–H and O–H groups in total. The van der Waals surface area contributed by atoms with Crippen LogP contribution in [-0.2, 0) is 11.3 Å². The number of carbonyl (C=O) groups excluding carboxylic acids is 1. The molecular weight excluding hydrogens is 210 g/mol. The molecule has 0 radical (unpaired) electrons. The maximum Gasteiger partial charge on any atom is 0.170 e. The first kappa shape index (κ1) is 12.8. The Morgan fingerprint density at radius 3 is 3.06 bits per heavy atom. The van der Waals surface area contributed by atoms with Gasteiger partial charge in [0.15, 0.2) is 5.78 Å². The average Bonchev–Trinajstić information content (AvgIpc) is 2.76. The molecule has 1 aromatic rings. The monoisotopic (exact) mass is 227 g/mol. The minimum atomic E-state index is -0.376. The zero-order valence-electron chi connectivity index (χ0n) is 9.26. The molecule has 0 saturated carbocycles. The summed E-state index contributed by atoms with van der Waals surface area (Å²) < 4.78 is 1.49. The van der Waals surface area contributed by atoms with Crippen molar-refractivity contribution in [3.05, 3.63) is 11.9 Å². The molecule has 0 aromatic carbocycles. The molecule has 1 heterocycles. The molecule has 1 rings (SSSR count). The number of nitrogens with one attached hydrogen (secondary N) is 1. The number of hydrogen-bond acceptors (Lipinski definition) is 6. The van der Waals surface area contributed by atoms with Gasteiger partial charge in [0.1, 0.15) is 6.04 Å². The van der Waals surface area contributed by atoms with Crippen molar-refractivity contribution in [1.82, 2.24) is 20.3 Å². The lowest BCUT2D eigenvalue weighted by Gasteiger charge is -2.10. The molecule has 0 saturated heterocycles. The van der Waals surface area contributed by atoms with Crippen LogP contribution in [0, 0.1) is 0 Å². The fourth-order valence-electron chi connectivity index (χ4n) is 1.18. The second-order valence-electron chi connectivity index (χ2n) is 3.44. The third-order valence-electron chi connectivity index (χ3n) is 2.22. The van der Waals surface area contributed by atoms with Crippen molar-refractivity contribution < 1.29 is 9.90 Å². The molecule has 1 atom stereocenters. The van der Waals surface area contributed by atoms with E-state index in [0.717, 1.165) is 0 Å². The highest BCUT2D eigenvalue weighted by molar-refractivity contribution is 5.84. The number of aromatic nitrogens is 3. The molecular formula is C9H17N5O2. The molecule has 7 nitrogen and oxygen atoms in total. The maximum atomic E-state index is 11.7. The summed E-state index contributed by atoms with van der Waals surface area (Å²) in [5.41, 5.74) is 6.05. The molecule has 7 heteroatoms. The van der Waals surface area contributed by atoms with Crippen LogP contribution >= 0.6 is 0 Å². The van der Waals surface area contributed by atoms with Gasteiger partial charge in [-0.2, -0.15) is 0 Å². The van der Waals surface area contributed by atoms with Gasteiger partial charge in [0, 0.05) is 13.1 Å². The topological polar surface area (TPSA) is 106 Å². The number of nitrogens with two attached hydrogens (primary N) is 1. The van der Waals surface area contributed by atoms with Crippen molar-refractivity contribution in [1.29, 1.82) is 0 Å². The fraction of sp³-hybridized carbons (Fsp3) is 0.667. The smallest absolute Gasteiger partial charge is 0.170 e. The second-order valence-corrected chi connectivity index (χ2v) is 3.44. The van der Waals surface area contributed by atoms with Gasteiger partial charge in [-0.15, -0.1) is 5.10 Å². The number of aliphatic hydroxyl groups is 1. The van der Waals surface area contributed by atoms with Crippen LogP contribution in [0.15, 0.2) is 6.20 Å². The van der Waals surface area contributed by atoms with E-state index >= 15 is 0 Å². The fourth-order valence-corrected chi connectivity index (χ4v) is 1.18. The van der Waals surface area contributed by atoms with Crippen LogP contribution in [-0.4, -0.2) is 45.6 Å². The van der Waals surface area contributed by atoms with Gasteiger partial charge in [-0.3, -0.25) is 4.79 Å². The number of nitrogens with zero attached hydrogens (tertiary/aromatic N) is 3. The number of aliphatic hydroxyl groups excluding tert-OH is 1. The lowest BCUT2D eigenvalue weighted by molar-refractivity contribution is -0.121. The summed E-state index contributed by atoms with van der Waals surface area (Å²) >= 11 is 0. The molecule has 0 fully saturated rings. The molecule has 1 aromatic heterocycles. The number of carbonyl (C=O) groups is 1. The van der Waals surface area contributed by atoms with Crippen LogP contribution in [0.1, 0.15) is 18.7 Å². The first-order chi connectivity index (χ1) is 7.69. The maximum absolute atomic E-state index is 11.7. The van der Waals surface area contributed by atoms with Crippen molar-refractivity contribution in [2.45, 2.75) is 19.5 Å². The second kappa shape index (κ2) is 6.31. The number of Topliss-reactive ketones (excluding diaryl/α,β-unsaturated/α-hetero) is 1. The third kappa shape index (κ3) is 3.37. The summed E-state index contributed by atoms with van der Waals surface area (Å²) in [4.78, 5) is 11.7. The summed E-state index contributed by atoms with van der Waals surface area (Å²) in [7, 11) is 0. The molecule has 0 spiro atoms. The summed E-state index contributed by atoms with van der Waals surface area (Å²) in [6, 6.07) is -0.376. The molecule has 0 aliphatic heterocycles. The third-order valence-corrected chi connectivity index (χ3v) is 2.22. The van der Waals surface area contributed by atoms with Crippen molar-refractivity contribution >= 4 is 5.78 Å². The van der Waals surface area contributed by atoms with Crippen LogP contribution < -0.4 is 11.1 Å². The lowest BCUT2D eigenvalue weighted by atomic mass is 10.2. The highest BCUT2D eigenvalue weighted by Crippen LogP contribution is 2.05. The average molecular weight is 227 g/mol. The predicted molar refractivity (Wildman–Crippen MR) is 57.6 cm³/mol. The Kier molecular flexibility index (Phi) is 5.03. The van der Waals surface area contributed by atoms with Crippen LogP contribution in [0.5, 0.6) is 0 Å². The van der Waals surface area contributed by atoms with E-state index in [2.05, 4.69) is 15.6 Å². The Morgan fingerprint density at radius 2 is 2.50 bits per heavy atom. The standard InChI is InChI=1S/C9H17N5O2/c1-7(9(16)5-11-2-3-15)14-6-8(4-10)12-13-14/h6-7,11,15H,2-5,10H2,1H3. The van der Waals surface area contributed by atoms with Crippen LogP contribution in [0.2, 0.25) is 0 Å². The normalized spacial score (nSPS) is 12.7. The first-order valence-electron chi connectivity index (χ1n) is 5.14. The molecule has 0 aliphatic rings. The number of hydrogen-bond donors (Lipinski definition) is 3. The SMILES string of the molecule is CC(C(=O)CNCCO)n1cc(CN)nn1. The van der Waals surface area contributed by atoms with Gasteiger partial charge < -0.3 is 16.2 Å². The van der Waals surface area contributed by atoms with E-state index in [0.29, 0.717) is 18.8 Å². The van der Waals surface area contributed by atoms with Gasteiger partial charge >= 0.3 is 0 Å². The highest BCUT2D eigenvalue weighted by Gasteiger charge is 2.15.